The summed E-state index contributed by atoms with van der Waals surface area (Å²) in [6, 6.07) is 7.04. The number of carbonyl (C=O) groups is 2. The van der Waals surface area contributed by atoms with E-state index in [1.165, 1.54) is 43.4 Å². The summed E-state index contributed by atoms with van der Waals surface area (Å²) >= 11 is 3.40. The zero-order valence-corrected chi connectivity index (χ0v) is 15.8. The average Bonchev–Trinajstić information content (AvgIpc) is 2.80. The van der Waals surface area contributed by atoms with Gasteiger partial charge in [0.2, 0.25) is 5.91 Å². The van der Waals surface area contributed by atoms with E-state index in [0.717, 1.165) is 22.2 Å². The molecule has 1 atom stereocenters. The molecular weight excluding hydrogens is 380 g/mol. The van der Waals surface area contributed by atoms with Crippen molar-refractivity contribution in [2.24, 2.45) is 17.8 Å². The molecule has 4 bridgehead atoms. The molecule has 1 unspecified atom stereocenters. The number of rotatable bonds is 3. The first-order valence-corrected chi connectivity index (χ1v) is 10.2. The van der Waals surface area contributed by atoms with Gasteiger partial charge in [-0.1, -0.05) is 15.9 Å². The van der Waals surface area contributed by atoms with Crippen LogP contribution in [-0.4, -0.2) is 23.4 Å². The predicted octanol–water partition coefficient (Wildman–Crippen LogP) is 3.64. The second-order valence-corrected chi connectivity index (χ2v) is 9.56. The number of hydrogen-bond acceptors (Lipinski definition) is 3. The van der Waals surface area contributed by atoms with Gasteiger partial charge in [-0.25, -0.2) is 4.90 Å². The molecule has 132 valence electrons. The summed E-state index contributed by atoms with van der Waals surface area (Å²) in [5.41, 5.74) is 0.776. The number of anilines is 1. The molecule has 1 aromatic carbocycles. The van der Waals surface area contributed by atoms with Crippen molar-refractivity contribution in [2.45, 2.75) is 56.5 Å². The van der Waals surface area contributed by atoms with Gasteiger partial charge in [-0.05, 0) is 80.5 Å². The molecule has 2 amide bonds. The second kappa shape index (κ2) is 5.65. The Morgan fingerprint density at radius 2 is 1.52 bits per heavy atom. The monoisotopic (exact) mass is 402 g/mol. The summed E-state index contributed by atoms with van der Waals surface area (Å²) in [5.74, 6) is 2.31. The van der Waals surface area contributed by atoms with Crippen LogP contribution < -0.4 is 10.2 Å². The fourth-order valence-corrected chi connectivity index (χ4v) is 6.53. The number of nitrogens with one attached hydrogen (secondary N) is 1. The van der Waals surface area contributed by atoms with Crippen LogP contribution in [0.15, 0.2) is 28.7 Å². The van der Waals surface area contributed by atoms with Crippen LogP contribution in [0.5, 0.6) is 0 Å². The highest BCUT2D eigenvalue weighted by Crippen LogP contribution is 2.55. The lowest BCUT2D eigenvalue weighted by Crippen LogP contribution is -2.61. The van der Waals surface area contributed by atoms with Crippen molar-refractivity contribution in [2.75, 3.05) is 4.90 Å². The Kier molecular flexibility index (Phi) is 3.62. The third-order valence-corrected chi connectivity index (χ3v) is 7.28. The highest BCUT2D eigenvalue weighted by Gasteiger charge is 2.53. The Balaban J connectivity index is 1.36. The molecule has 4 aliphatic carbocycles. The minimum absolute atomic E-state index is 0.0805. The molecule has 1 aromatic rings. The summed E-state index contributed by atoms with van der Waals surface area (Å²) in [5, 5.41) is 3.69. The van der Waals surface area contributed by atoms with Crippen LogP contribution in [0, 0.1) is 17.8 Å². The van der Waals surface area contributed by atoms with Gasteiger partial charge in [0.1, 0.15) is 0 Å². The maximum absolute atomic E-state index is 13.0. The smallest absolute Gasteiger partial charge is 0.251 e. The Labute approximate surface area is 156 Å². The number of hydrogen-bond donors (Lipinski definition) is 1. The minimum Gasteiger partial charge on any atom is -0.300 e. The van der Waals surface area contributed by atoms with Crippen molar-refractivity contribution in [3.8, 4) is 0 Å². The lowest BCUT2D eigenvalue weighted by atomic mass is 9.53. The first-order chi connectivity index (χ1) is 12.0. The van der Waals surface area contributed by atoms with E-state index in [1.807, 2.05) is 24.3 Å². The number of amides is 2. The van der Waals surface area contributed by atoms with Crippen LogP contribution in [0.25, 0.3) is 0 Å². The highest BCUT2D eigenvalue weighted by molar-refractivity contribution is 9.10. The molecule has 1 aliphatic heterocycles. The normalized spacial score (nSPS) is 39.5. The third-order valence-electron chi connectivity index (χ3n) is 6.75. The van der Waals surface area contributed by atoms with E-state index in [-0.39, 0.29) is 29.8 Å². The summed E-state index contributed by atoms with van der Waals surface area (Å²) in [7, 11) is 0. The Bertz CT molecular complexity index is 694. The first-order valence-electron chi connectivity index (χ1n) is 9.41. The van der Waals surface area contributed by atoms with Gasteiger partial charge >= 0.3 is 0 Å². The van der Waals surface area contributed by atoms with Gasteiger partial charge in [-0.15, -0.1) is 0 Å². The quantitative estimate of drug-likeness (QED) is 0.785. The molecular formula is C20H23BrN2O2. The van der Waals surface area contributed by atoms with E-state index in [9.17, 15) is 9.59 Å². The van der Waals surface area contributed by atoms with Gasteiger partial charge in [0, 0.05) is 10.0 Å². The largest absolute Gasteiger partial charge is 0.300 e. The van der Waals surface area contributed by atoms with Gasteiger partial charge in [0.05, 0.1) is 18.2 Å². The molecule has 4 nitrogen and oxygen atoms in total. The van der Waals surface area contributed by atoms with E-state index < -0.39 is 0 Å². The number of imide groups is 1. The maximum atomic E-state index is 13.0. The summed E-state index contributed by atoms with van der Waals surface area (Å²) in [6.45, 7) is 0. The van der Waals surface area contributed by atoms with E-state index >= 15 is 0 Å². The molecule has 1 N–H and O–H groups in total. The van der Waals surface area contributed by atoms with E-state index in [1.54, 1.807) is 0 Å². The molecule has 1 heterocycles. The van der Waals surface area contributed by atoms with Crippen LogP contribution in [-0.2, 0) is 9.59 Å². The maximum Gasteiger partial charge on any atom is 0.251 e. The summed E-state index contributed by atoms with van der Waals surface area (Å²) in [4.78, 5) is 26.8. The van der Waals surface area contributed by atoms with Crippen molar-refractivity contribution >= 4 is 33.4 Å². The van der Waals surface area contributed by atoms with Gasteiger partial charge in [0.25, 0.3) is 5.91 Å². The van der Waals surface area contributed by atoms with Crippen molar-refractivity contribution in [1.29, 1.82) is 0 Å². The van der Waals surface area contributed by atoms with Crippen LogP contribution in [0.4, 0.5) is 5.69 Å². The standard InChI is InChI=1S/C20H23BrN2O2/c21-15-1-3-16(4-2-15)23-18(24)8-17(19(23)25)22-20-9-12-5-13(10-20)7-14(6-12)11-20/h1-4,12-14,17,22H,5-11H2. The molecule has 4 saturated carbocycles. The van der Waals surface area contributed by atoms with E-state index in [4.69, 9.17) is 0 Å². The molecule has 25 heavy (non-hydrogen) atoms. The van der Waals surface area contributed by atoms with E-state index in [0.29, 0.717) is 5.69 Å². The predicted molar refractivity (Wildman–Crippen MR) is 99.1 cm³/mol. The molecule has 5 aliphatic rings. The fourth-order valence-electron chi connectivity index (χ4n) is 6.26. The Hall–Kier alpha value is -1.20. The lowest BCUT2D eigenvalue weighted by Gasteiger charge is -2.57. The van der Waals surface area contributed by atoms with Crippen LogP contribution in [0.3, 0.4) is 0 Å². The van der Waals surface area contributed by atoms with Crippen molar-refractivity contribution in [1.82, 2.24) is 5.32 Å². The molecule has 1 saturated heterocycles. The number of benzene rings is 1. The van der Waals surface area contributed by atoms with Crippen LogP contribution >= 0.6 is 15.9 Å². The summed E-state index contributed by atoms with van der Waals surface area (Å²) < 4.78 is 0.943. The first kappa shape index (κ1) is 16.0. The van der Waals surface area contributed by atoms with Gasteiger partial charge in [-0.3, -0.25) is 14.9 Å². The third kappa shape index (κ3) is 2.67. The molecule has 0 spiro atoms. The van der Waals surface area contributed by atoms with Gasteiger partial charge in [-0.2, -0.15) is 0 Å². The van der Waals surface area contributed by atoms with E-state index in [2.05, 4.69) is 21.2 Å². The van der Waals surface area contributed by atoms with Crippen molar-refractivity contribution < 1.29 is 9.59 Å². The van der Waals surface area contributed by atoms with Crippen LogP contribution in [0.1, 0.15) is 44.9 Å². The topological polar surface area (TPSA) is 49.4 Å². The molecule has 0 aromatic heterocycles. The number of carbonyl (C=O) groups excluding carboxylic acids is 2. The zero-order chi connectivity index (χ0) is 17.2. The van der Waals surface area contributed by atoms with Gasteiger partial charge < -0.3 is 0 Å². The van der Waals surface area contributed by atoms with Crippen LogP contribution in [0.2, 0.25) is 0 Å². The molecule has 5 heteroatoms. The average molecular weight is 403 g/mol. The molecule has 6 rings (SSSR count). The summed E-state index contributed by atoms with van der Waals surface area (Å²) in [6.07, 6.45) is 7.99. The van der Waals surface area contributed by atoms with Crippen molar-refractivity contribution in [3.63, 3.8) is 0 Å². The number of nitrogens with zero attached hydrogens (tertiary/aromatic N) is 1. The van der Waals surface area contributed by atoms with Gasteiger partial charge in [0.15, 0.2) is 0 Å². The van der Waals surface area contributed by atoms with Crippen molar-refractivity contribution in [3.05, 3.63) is 28.7 Å². The Morgan fingerprint density at radius 1 is 0.960 bits per heavy atom. The molecule has 5 fully saturated rings. The SMILES string of the molecule is O=C1CC(NC23CC4CC(CC(C4)C2)C3)C(=O)N1c1ccc(Br)cc1. The highest BCUT2D eigenvalue weighted by atomic mass is 79.9. The number of halogens is 1. The lowest BCUT2D eigenvalue weighted by molar-refractivity contribution is -0.122. The Morgan fingerprint density at radius 3 is 2.08 bits per heavy atom. The minimum atomic E-state index is -0.354. The zero-order valence-electron chi connectivity index (χ0n) is 14.2. The fraction of sp³-hybridized carbons (Fsp3) is 0.600. The molecule has 0 radical (unpaired) electrons. The second-order valence-electron chi connectivity index (χ2n) is 8.64.